The number of ether oxygens (including phenoxy) is 1. The van der Waals surface area contributed by atoms with E-state index in [1.807, 2.05) is 18.2 Å². The summed E-state index contributed by atoms with van der Waals surface area (Å²) in [5.41, 5.74) is 4.44. The number of hydrogen-bond acceptors (Lipinski definition) is 9. The van der Waals surface area contributed by atoms with Gasteiger partial charge in [0.05, 0.1) is 16.9 Å². The number of aliphatic hydroxyl groups is 1. The van der Waals surface area contributed by atoms with E-state index in [2.05, 4.69) is 47.9 Å². The van der Waals surface area contributed by atoms with Gasteiger partial charge in [0.1, 0.15) is 29.4 Å². The maximum absolute atomic E-state index is 15.2. The van der Waals surface area contributed by atoms with Gasteiger partial charge in [-0.05, 0) is 124 Å². The molecule has 2 fully saturated rings. The van der Waals surface area contributed by atoms with E-state index in [0.717, 1.165) is 56.2 Å². The van der Waals surface area contributed by atoms with Crippen molar-refractivity contribution in [2.24, 2.45) is 5.92 Å². The maximum atomic E-state index is 15.2. The van der Waals surface area contributed by atoms with Gasteiger partial charge in [-0.2, -0.15) is 0 Å². The van der Waals surface area contributed by atoms with Crippen LogP contribution in [0.1, 0.15) is 66.6 Å². The number of H-pyrrole nitrogens is 1. The molecule has 0 spiro atoms. The van der Waals surface area contributed by atoms with Gasteiger partial charge in [-0.3, -0.25) is 29.5 Å². The van der Waals surface area contributed by atoms with Crippen LogP contribution in [-0.4, -0.2) is 81.5 Å². The summed E-state index contributed by atoms with van der Waals surface area (Å²) in [7, 11) is 0. The predicted octanol–water partition coefficient (Wildman–Crippen LogP) is 7.60. The number of benzene rings is 4. The number of amides is 5. The number of fused-ring (bicyclic) bond motifs is 1. The number of aromatic nitrogens is 3. The Labute approximate surface area is 374 Å². The van der Waals surface area contributed by atoms with Crippen LogP contribution in [0.4, 0.5) is 25.0 Å². The highest BCUT2D eigenvalue weighted by molar-refractivity contribution is 6.06. The van der Waals surface area contributed by atoms with Crippen LogP contribution < -0.4 is 25.6 Å². The lowest BCUT2D eigenvalue weighted by Crippen LogP contribution is -2.49. The fourth-order valence-corrected chi connectivity index (χ4v) is 8.28. The highest BCUT2D eigenvalue weighted by Crippen LogP contribution is 2.35. The lowest BCUT2D eigenvalue weighted by atomic mass is 9.93. The standard InChI is InChI=1S/C49H50F2N8O6/c1-29-38(22-34(50)23-41(29)56-47(62)37-12-11-33(21-40(37)51)49(2,3)64)45-39-25-42(55-46(39)54-28-53-45)32-9-7-31(8-10-32)26-58-18-14-30(15-19-58)13-17-52-44(61)27-65-36-6-4-5-35(24-36)59-20-16-43(60)57-48(59)63/h4-12,21-25,28,30,64H,13-20,26-27H2,1-3H3,(H,52,61)(H,56,62)(H,53,54,55)(H,57,60,63). The first-order chi connectivity index (χ1) is 31.2. The molecule has 0 radical (unpaired) electrons. The fourth-order valence-electron chi connectivity index (χ4n) is 8.28. The van der Waals surface area contributed by atoms with E-state index in [0.29, 0.717) is 57.3 Å². The zero-order valence-corrected chi connectivity index (χ0v) is 36.3. The van der Waals surface area contributed by atoms with Gasteiger partial charge >= 0.3 is 6.03 Å². The zero-order chi connectivity index (χ0) is 45.8. The van der Waals surface area contributed by atoms with Gasteiger partial charge in [-0.1, -0.05) is 36.4 Å². The Morgan fingerprint density at radius 1 is 0.954 bits per heavy atom. The van der Waals surface area contributed by atoms with Gasteiger partial charge in [0.15, 0.2) is 6.61 Å². The second kappa shape index (κ2) is 19.0. The van der Waals surface area contributed by atoms with Crippen molar-refractivity contribution in [3.05, 3.63) is 125 Å². The van der Waals surface area contributed by atoms with Crippen molar-refractivity contribution in [1.29, 1.82) is 0 Å². The third-order valence-corrected chi connectivity index (χ3v) is 12.0. The molecule has 2 aliphatic heterocycles. The first-order valence-electron chi connectivity index (χ1n) is 21.6. The van der Waals surface area contributed by atoms with Gasteiger partial charge in [0.25, 0.3) is 11.8 Å². The van der Waals surface area contributed by atoms with Crippen LogP contribution in [0.3, 0.4) is 0 Å². The molecule has 6 aromatic rings. The number of nitrogens with one attached hydrogen (secondary N) is 4. The number of halogens is 2. The number of imide groups is 1. The number of anilines is 2. The number of carbonyl (C=O) groups excluding carboxylic acids is 4. The van der Waals surface area contributed by atoms with E-state index in [9.17, 15) is 28.7 Å². The average molecular weight is 885 g/mol. The molecule has 0 aliphatic carbocycles. The molecule has 5 amide bonds. The Morgan fingerprint density at radius 2 is 1.74 bits per heavy atom. The number of piperidine rings is 1. The van der Waals surface area contributed by atoms with Crippen LogP contribution in [0.5, 0.6) is 5.75 Å². The second-order valence-corrected chi connectivity index (χ2v) is 17.1. The first-order valence-corrected chi connectivity index (χ1v) is 21.6. The fraction of sp³-hybridized carbons (Fsp3) is 0.306. The van der Waals surface area contributed by atoms with Crippen LogP contribution in [0, 0.1) is 24.5 Å². The number of rotatable bonds is 14. The normalized spacial score (nSPS) is 15.0. The molecule has 336 valence electrons. The van der Waals surface area contributed by atoms with Crippen molar-refractivity contribution in [3.8, 4) is 28.3 Å². The summed E-state index contributed by atoms with van der Waals surface area (Å²) < 4.78 is 35.8. The minimum Gasteiger partial charge on any atom is -0.484 e. The van der Waals surface area contributed by atoms with E-state index in [-0.39, 0.29) is 42.6 Å². The van der Waals surface area contributed by atoms with Gasteiger partial charge in [0.2, 0.25) is 5.91 Å². The topological polar surface area (TPSA) is 182 Å². The smallest absolute Gasteiger partial charge is 0.328 e. The van der Waals surface area contributed by atoms with Gasteiger partial charge in [-0.25, -0.2) is 23.5 Å². The molecule has 14 nitrogen and oxygen atoms in total. The van der Waals surface area contributed by atoms with E-state index in [1.165, 1.54) is 54.9 Å². The quantitative estimate of drug-likeness (QED) is 0.0736. The van der Waals surface area contributed by atoms with Crippen LogP contribution in [0.15, 0.2) is 91.3 Å². The maximum Gasteiger partial charge on any atom is 0.328 e. The van der Waals surface area contributed by atoms with Crippen LogP contribution in [0.2, 0.25) is 0 Å². The molecule has 5 N–H and O–H groups in total. The molecule has 8 rings (SSSR count). The molecule has 0 bridgehead atoms. The lowest BCUT2D eigenvalue weighted by Gasteiger charge is -2.32. The van der Waals surface area contributed by atoms with Crippen LogP contribution in [-0.2, 0) is 21.7 Å². The first kappa shape index (κ1) is 44.6. The summed E-state index contributed by atoms with van der Waals surface area (Å²) in [5, 5.41) is 18.8. The highest BCUT2D eigenvalue weighted by Gasteiger charge is 2.26. The van der Waals surface area contributed by atoms with Crippen molar-refractivity contribution in [1.82, 2.24) is 30.5 Å². The molecular formula is C49H50F2N8O6. The second-order valence-electron chi connectivity index (χ2n) is 17.1. The molecule has 16 heteroatoms. The van der Waals surface area contributed by atoms with Crippen molar-refractivity contribution in [3.63, 3.8) is 0 Å². The van der Waals surface area contributed by atoms with Gasteiger partial charge in [-0.15, -0.1) is 0 Å². The summed E-state index contributed by atoms with van der Waals surface area (Å²) in [5.74, 6) is -1.74. The number of hydrogen-bond donors (Lipinski definition) is 5. The largest absolute Gasteiger partial charge is 0.484 e. The molecule has 65 heavy (non-hydrogen) atoms. The Hall–Kier alpha value is -7.04. The van der Waals surface area contributed by atoms with Crippen molar-refractivity contribution in [2.45, 2.75) is 58.6 Å². The third kappa shape index (κ3) is 10.5. The molecule has 4 heterocycles. The summed E-state index contributed by atoms with van der Waals surface area (Å²) in [6.45, 7) is 8.17. The summed E-state index contributed by atoms with van der Waals surface area (Å²) in [6, 6.07) is 23.0. The average Bonchev–Trinajstić information content (AvgIpc) is 3.72. The third-order valence-electron chi connectivity index (χ3n) is 12.0. The Balaban J connectivity index is 0.822. The molecule has 2 saturated heterocycles. The van der Waals surface area contributed by atoms with E-state index >= 15 is 4.39 Å². The number of nitrogens with zero attached hydrogens (tertiary/aromatic N) is 4. The van der Waals surface area contributed by atoms with E-state index in [1.54, 1.807) is 31.2 Å². The number of aromatic amines is 1. The Kier molecular flexibility index (Phi) is 13.0. The van der Waals surface area contributed by atoms with E-state index < -0.39 is 29.2 Å². The van der Waals surface area contributed by atoms with Gasteiger partial charge < -0.3 is 25.5 Å². The molecule has 2 aliphatic rings. The van der Waals surface area contributed by atoms with Crippen LogP contribution >= 0.6 is 0 Å². The van der Waals surface area contributed by atoms with Crippen molar-refractivity contribution >= 4 is 46.2 Å². The molecule has 2 aromatic heterocycles. The Morgan fingerprint density at radius 3 is 2.48 bits per heavy atom. The highest BCUT2D eigenvalue weighted by atomic mass is 19.1. The molecular weight excluding hydrogens is 835 g/mol. The summed E-state index contributed by atoms with van der Waals surface area (Å²) in [4.78, 5) is 65.6. The van der Waals surface area contributed by atoms with Crippen LogP contribution in [0.25, 0.3) is 33.5 Å². The van der Waals surface area contributed by atoms with Crippen molar-refractivity contribution in [2.75, 3.05) is 43.0 Å². The van der Waals surface area contributed by atoms with Crippen molar-refractivity contribution < 1.29 is 37.8 Å². The van der Waals surface area contributed by atoms with E-state index in [4.69, 9.17) is 4.74 Å². The number of urea groups is 1. The zero-order valence-electron chi connectivity index (χ0n) is 36.3. The molecule has 0 saturated carbocycles. The minimum absolute atomic E-state index is 0.146. The Bertz CT molecular complexity index is 2760. The minimum atomic E-state index is -1.29. The lowest BCUT2D eigenvalue weighted by molar-refractivity contribution is -0.123. The SMILES string of the molecule is Cc1c(NC(=O)c2ccc(C(C)(C)O)cc2F)cc(F)cc1-c1ncnc2[nH]c(-c3ccc(CN4CCC(CCNC(=O)COc5cccc(N6CCC(=O)NC6=O)c5)CC4)cc3)cc12. The molecule has 4 aromatic carbocycles. The summed E-state index contributed by atoms with van der Waals surface area (Å²) >= 11 is 0. The molecule has 0 atom stereocenters. The monoisotopic (exact) mass is 884 g/mol. The number of likely N-dealkylation sites (tertiary alicyclic amines) is 1. The predicted molar refractivity (Wildman–Crippen MR) is 242 cm³/mol. The summed E-state index contributed by atoms with van der Waals surface area (Å²) in [6.07, 6.45) is 4.55. The number of carbonyl (C=O) groups is 4. The van der Waals surface area contributed by atoms with Gasteiger partial charge in [0, 0.05) is 60.1 Å². The molecule has 0 unspecified atom stereocenters.